The highest BCUT2D eigenvalue weighted by atomic mass is 14.1. The van der Waals surface area contributed by atoms with Crippen molar-refractivity contribution in [2.75, 3.05) is 0 Å². The van der Waals surface area contributed by atoms with Crippen LogP contribution in [0.25, 0.3) is 43.1 Å². The van der Waals surface area contributed by atoms with Gasteiger partial charge in [0.25, 0.3) is 0 Å². The Morgan fingerprint density at radius 3 is 0.886 bits per heavy atom. The highest BCUT2D eigenvalue weighted by Gasteiger charge is 2.06. The molecule has 5 aromatic carbocycles. The van der Waals surface area contributed by atoms with Gasteiger partial charge >= 0.3 is 0 Å². The van der Waals surface area contributed by atoms with Gasteiger partial charge < -0.3 is 0 Å². The van der Waals surface area contributed by atoms with Crippen LogP contribution in [0.4, 0.5) is 0 Å². The molecule has 0 heteroatoms. The van der Waals surface area contributed by atoms with E-state index < -0.39 is 0 Å². The van der Waals surface area contributed by atoms with E-state index in [-0.39, 0.29) is 0 Å². The molecule has 0 fully saturated rings. The standard InChI is InChI=1S/C44H58/c1-3-5-7-9-11-13-15-17-19-21-35-23-25-37-29-41-34-44-32-40-28-36(22-20-18-16-14-12-10-8-6-4-2)24-26-38(40)30-42(44)33-43(41)31-39(37)27-35/h23-34H,3-22H2,1-2H3. The third kappa shape index (κ3) is 9.57. The first-order chi connectivity index (χ1) is 21.7. The van der Waals surface area contributed by atoms with Crippen LogP contribution in [0.5, 0.6) is 0 Å². The van der Waals surface area contributed by atoms with Crippen molar-refractivity contribution in [1.29, 1.82) is 0 Å². The number of unbranched alkanes of at least 4 members (excludes halogenated alkanes) is 16. The molecule has 234 valence electrons. The van der Waals surface area contributed by atoms with Crippen LogP contribution in [0, 0.1) is 0 Å². The Hall–Kier alpha value is -2.86. The maximum absolute atomic E-state index is 2.44. The summed E-state index contributed by atoms with van der Waals surface area (Å²) in [5, 5.41) is 10.9. The third-order valence-electron chi connectivity index (χ3n) is 9.97. The molecule has 0 heterocycles. The van der Waals surface area contributed by atoms with Gasteiger partial charge in [-0.25, -0.2) is 0 Å². The Labute approximate surface area is 268 Å². The number of fused-ring (bicyclic) bond motifs is 4. The van der Waals surface area contributed by atoms with Gasteiger partial charge in [0, 0.05) is 0 Å². The number of aryl methyl sites for hydroxylation is 2. The molecule has 0 bridgehead atoms. The van der Waals surface area contributed by atoms with Crippen molar-refractivity contribution in [3.05, 3.63) is 83.9 Å². The van der Waals surface area contributed by atoms with Gasteiger partial charge in [-0.05, 0) is 116 Å². The van der Waals surface area contributed by atoms with Crippen LogP contribution in [-0.2, 0) is 12.8 Å². The van der Waals surface area contributed by atoms with Crippen LogP contribution in [0.1, 0.15) is 141 Å². The fraction of sp³-hybridized carbons (Fsp3) is 0.500. The van der Waals surface area contributed by atoms with Gasteiger partial charge in [0.05, 0.1) is 0 Å². The Morgan fingerprint density at radius 2 is 0.545 bits per heavy atom. The van der Waals surface area contributed by atoms with Crippen LogP contribution in [-0.4, -0.2) is 0 Å². The molecule has 0 aliphatic rings. The molecule has 5 rings (SSSR count). The summed E-state index contributed by atoms with van der Waals surface area (Å²) in [5.41, 5.74) is 2.98. The van der Waals surface area contributed by atoms with Crippen LogP contribution in [0.2, 0.25) is 0 Å². The molecule has 0 aliphatic heterocycles. The average Bonchev–Trinajstić information content (AvgIpc) is 3.04. The lowest BCUT2D eigenvalue weighted by Crippen LogP contribution is -1.88. The molecule has 0 saturated heterocycles. The Kier molecular flexibility index (Phi) is 13.0. The van der Waals surface area contributed by atoms with E-state index in [0.29, 0.717) is 0 Å². The van der Waals surface area contributed by atoms with Gasteiger partial charge in [0.15, 0.2) is 0 Å². The lowest BCUT2D eigenvalue weighted by atomic mass is 9.95. The predicted octanol–water partition coefficient (Wildman–Crippen LogP) is 14.4. The molecular formula is C44H58. The first-order valence-corrected chi connectivity index (χ1v) is 18.6. The second kappa shape index (κ2) is 17.6. The van der Waals surface area contributed by atoms with Crippen LogP contribution in [0.3, 0.4) is 0 Å². The van der Waals surface area contributed by atoms with Crippen molar-refractivity contribution in [1.82, 2.24) is 0 Å². The zero-order chi connectivity index (χ0) is 30.4. The first-order valence-electron chi connectivity index (χ1n) is 18.6. The zero-order valence-electron chi connectivity index (χ0n) is 28.1. The van der Waals surface area contributed by atoms with Gasteiger partial charge in [-0.1, -0.05) is 153 Å². The molecule has 0 spiro atoms. The topological polar surface area (TPSA) is 0 Å². The minimum Gasteiger partial charge on any atom is -0.0654 e. The highest BCUT2D eigenvalue weighted by molar-refractivity contribution is 6.08. The van der Waals surface area contributed by atoms with Gasteiger partial charge in [0.1, 0.15) is 0 Å². The lowest BCUT2D eigenvalue weighted by molar-refractivity contribution is 0.565. The maximum Gasteiger partial charge on any atom is -0.0171 e. The summed E-state index contributed by atoms with van der Waals surface area (Å²) in [7, 11) is 0. The fourth-order valence-corrected chi connectivity index (χ4v) is 7.19. The Morgan fingerprint density at radius 1 is 0.273 bits per heavy atom. The molecule has 0 saturated carbocycles. The van der Waals surface area contributed by atoms with Crippen LogP contribution < -0.4 is 0 Å². The van der Waals surface area contributed by atoms with Gasteiger partial charge in [0.2, 0.25) is 0 Å². The van der Waals surface area contributed by atoms with E-state index in [1.807, 2.05) is 0 Å². The summed E-state index contributed by atoms with van der Waals surface area (Å²) < 4.78 is 0. The van der Waals surface area contributed by atoms with E-state index in [1.165, 1.54) is 183 Å². The van der Waals surface area contributed by atoms with Crippen molar-refractivity contribution in [2.45, 2.75) is 142 Å². The van der Waals surface area contributed by atoms with Gasteiger partial charge in [-0.2, -0.15) is 0 Å². The number of hydrogen-bond acceptors (Lipinski definition) is 0. The molecule has 0 N–H and O–H groups in total. The summed E-state index contributed by atoms with van der Waals surface area (Å²) in [6.45, 7) is 4.59. The minimum absolute atomic E-state index is 1.20. The number of benzene rings is 5. The summed E-state index contributed by atoms with van der Waals surface area (Å²) in [5.74, 6) is 0. The summed E-state index contributed by atoms with van der Waals surface area (Å²) >= 11 is 0. The van der Waals surface area contributed by atoms with Crippen molar-refractivity contribution >= 4 is 43.1 Å². The van der Waals surface area contributed by atoms with E-state index in [1.54, 1.807) is 0 Å². The van der Waals surface area contributed by atoms with Gasteiger partial charge in [-0.15, -0.1) is 0 Å². The Bertz CT molecular complexity index is 1470. The largest absolute Gasteiger partial charge is 0.0654 e. The zero-order valence-corrected chi connectivity index (χ0v) is 28.1. The lowest BCUT2D eigenvalue weighted by Gasteiger charge is -2.10. The number of hydrogen-bond donors (Lipinski definition) is 0. The van der Waals surface area contributed by atoms with E-state index in [0.717, 1.165) is 0 Å². The minimum atomic E-state index is 1.20. The molecule has 0 nitrogen and oxygen atoms in total. The second-order valence-corrected chi connectivity index (χ2v) is 13.8. The van der Waals surface area contributed by atoms with Crippen LogP contribution >= 0.6 is 0 Å². The summed E-state index contributed by atoms with van der Waals surface area (Å²) in [6.07, 6.45) is 27.4. The highest BCUT2D eigenvalue weighted by Crippen LogP contribution is 2.31. The van der Waals surface area contributed by atoms with Crippen molar-refractivity contribution in [2.24, 2.45) is 0 Å². The molecular weight excluding hydrogens is 528 g/mol. The van der Waals surface area contributed by atoms with E-state index in [4.69, 9.17) is 0 Å². The Balaban J connectivity index is 1.18. The monoisotopic (exact) mass is 586 g/mol. The molecule has 5 aromatic rings. The van der Waals surface area contributed by atoms with Crippen LogP contribution in [0.15, 0.2) is 72.8 Å². The van der Waals surface area contributed by atoms with E-state index in [2.05, 4.69) is 86.6 Å². The first kappa shape index (κ1) is 32.5. The molecule has 0 atom stereocenters. The molecule has 0 aliphatic carbocycles. The molecule has 0 aromatic heterocycles. The average molecular weight is 587 g/mol. The molecule has 44 heavy (non-hydrogen) atoms. The van der Waals surface area contributed by atoms with Crippen molar-refractivity contribution in [3.63, 3.8) is 0 Å². The summed E-state index contributed by atoms with van der Waals surface area (Å²) in [4.78, 5) is 0. The van der Waals surface area contributed by atoms with E-state index in [9.17, 15) is 0 Å². The smallest absolute Gasteiger partial charge is 0.0171 e. The van der Waals surface area contributed by atoms with E-state index >= 15 is 0 Å². The molecule has 0 unspecified atom stereocenters. The van der Waals surface area contributed by atoms with Gasteiger partial charge in [-0.3, -0.25) is 0 Å². The second-order valence-electron chi connectivity index (χ2n) is 13.8. The molecule has 0 amide bonds. The normalized spacial score (nSPS) is 11.9. The van der Waals surface area contributed by atoms with Crippen molar-refractivity contribution in [3.8, 4) is 0 Å². The summed E-state index contributed by atoms with van der Waals surface area (Å²) in [6, 6.07) is 28.8. The predicted molar refractivity (Wildman–Crippen MR) is 198 cm³/mol. The fourth-order valence-electron chi connectivity index (χ4n) is 7.19. The number of rotatable bonds is 20. The quantitative estimate of drug-likeness (QED) is 0.0628. The SMILES string of the molecule is CCCCCCCCCCCc1ccc2cc3cc4cc5cc(CCCCCCCCCCC)ccc5cc4cc3cc2c1. The maximum atomic E-state index is 2.44. The molecule has 0 radical (unpaired) electrons. The third-order valence-corrected chi connectivity index (χ3v) is 9.97. The van der Waals surface area contributed by atoms with Crippen molar-refractivity contribution < 1.29 is 0 Å².